The lowest BCUT2D eigenvalue weighted by atomic mass is 10.1. The SMILES string of the molecule is Cn1nc(C2CCCC2)cc1Oc1cc(C#N)ccc1-c1ncc(CCN)cn1. The molecule has 1 aromatic carbocycles. The van der Waals surface area contributed by atoms with Crippen molar-refractivity contribution in [2.24, 2.45) is 12.8 Å². The van der Waals surface area contributed by atoms with Crippen LogP contribution >= 0.6 is 0 Å². The first-order chi connectivity index (χ1) is 14.2. The smallest absolute Gasteiger partial charge is 0.217 e. The summed E-state index contributed by atoms with van der Waals surface area (Å²) in [5.41, 5.74) is 8.90. The average molecular weight is 388 g/mol. The van der Waals surface area contributed by atoms with E-state index >= 15 is 0 Å². The van der Waals surface area contributed by atoms with Crippen molar-refractivity contribution in [2.75, 3.05) is 6.54 Å². The number of aryl methyl sites for hydroxylation is 1. The first kappa shape index (κ1) is 19.1. The average Bonchev–Trinajstić information content (AvgIpc) is 3.39. The van der Waals surface area contributed by atoms with Crippen LogP contribution in [0.3, 0.4) is 0 Å². The van der Waals surface area contributed by atoms with Crippen LogP contribution in [0.2, 0.25) is 0 Å². The molecular formula is C22H24N6O. The molecule has 0 radical (unpaired) electrons. The highest BCUT2D eigenvalue weighted by molar-refractivity contribution is 5.66. The minimum Gasteiger partial charge on any atom is -0.438 e. The molecule has 0 amide bonds. The zero-order valence-corrected chi connectivity index (χ0v) is 16.5. The van der Waals surface area contributed by atoms with E-state index in [1.165, 1.54) is 25.7 Å². The van der Waals surface area contributed by atoms with E-state index in [4.69, 9.17) is 10.5 Å². The van der Waals surface area contributed by atoms with Gasteiger partial charge in [0, 0.05) is 31.4 Å². The Hall–Kier alpha value is -3.24. The lowest BCUT2D eigenvalue weighted by Gasteiger charge is -2.11. The molecule has 0 spiro atoms. The normalized spacial score (nSPS) is 14.1. The Balaban J connectivity index is 1.67. The van der Waals surface area contributed by atoms with Gasteiger partial charge in [-0.1, -0.05) is 12.8 Å². The van der Waals surface area contributed by atoms with Gasteiger partial charge in [0.05, 0.1) is 22.9 Å². The third kappa shape index (κ3) is 4.13. The maximum atomic E-state index is 9.32. The van der Waals surface area contributed by atoms with Crippen LogP contribution in [-0.2, 0) is 13.5 Å². The van der Waals surface area contributed by atoms with E-state index in [1.807, 2.05) is 19.2 Å². The van der Waals surface area contributed by atoms with Gasteiger partial charge in [0.2, 0.25) is 5.88 Å². The molecular weight excluding hydrogens is 364 g/mol. The third-order valence-electron chi connectivity index (χ3n) is 5.33. The van der Waals surface area contributed by atoms with Gasteiger partial charge in [-0.15, -0.1) is 0 Å². The third-order valence-corrected chi connectivity index (χ3v) is 5.33. The summed E-state index contributed by atoms with van der Waals surface area (Å²) in [5, 5.41) is 14.0. The van der Waals surface area contributed by atoms with Crippen molar-refractivity contribution in [1.29, 1.82) is 5.26 Å². The van der Waals surface area contributed by atoms with E-state index in [0.717, 1.165) is 23.2 Å². The second kappa shape index (κ2) is 8.41. The number of hydrogen-bond donors (Lipinski definition) is 1. The summed E-state index contributed by atoms with van der Waals surface area (Å²) >= 11 is 0. The van der Waals surface area contributed by atoms with Gasteiger partial charge in [-0.05, 0) is 49.6 Å². The molecule has 2 N–H and O–H groups in total. The minimum atomic E-state index is 0.502. The molecule has 0 aliphatic heterocycles. The summed E-state index contributed by atoms with van der Waals surface area (Å²) in [6, 6.07) is 9.45. The van der Waals surface area contributed by atoms with Crippen LogP contribution in [0, 0.1) is 11.3 Å². The first-order valence-electron chi connectivity index (χ1n) is 9.95. The van der Waals surface area contributed by atoms with Crippen LogP contribution in [-0.4, -0.2) is 26.3 Å². The molecule has 7 heteroatoms. The van der Waals surface area contributed by atoms with Gasteiger partial charge in [-0.3, -0.25) is 0 Å². The van der Waals surface area contributed by atoms with E-state index < -0.39 is 0 Å². The van der Waals surface area contributed by atoms with Crippen molar-refractivity contribution in [3.63, 3.8) is 0 Å². The fourth-order valence-corrected chi connectivity index (χ4v) is 3.75. The maximum absolute atomic E-state index is 9.32. The topological polar surface area (TPSA) is 103 Å². The Morgan fingerprint density at radius 2 is 1.97 bits per heavy atom. The van der Waals surface area contributed by atoms with E-state index in [0.29, 0.717) is 35.5 Å². The van der Waals surface area contributed by atoms with Crippen molar-refractivity contribution >= 4 is 0 Å². The number of nitrogens with zero attached hydrogens (tertiary/aromatic N) is 5. The summed E-state index contributed by atoms with van der Waals surface area (Å²) in [5.74, 6) is 2.23. The second-order valence-electron chi connectivity index (χ2n) is 7.39. The molecule has 2 heterocycles. The lowest BCUT2D eigenvalue weighted by Crippen LogP contribution is -2.04. The summed E-state index contributed by atoms with van der Waals surface area (Å²) in [4.78, 5) is 8.93. The van der Waals surface area contributed by atoms with E-state index in [-0.39, 0.29) is 0 Å². The van der Waals surface area contributed by atoms with Gasteiger partial charge in [0.25, 0.3) is 0 Å². The molecule has 4 rings (SSSR count). The minimum absolute atomic E-state index is 0.502. The Morgan fingerprint density at radius 3 is 2.66 bits per heavy atom. The fourth-order valence-electron chi connectivity index (χ4n) is 3.75. The van der Waals surface area contributed by atoms with Crippen LogP contribution in [0.1, 0.15) is 48.4 Å². The number of benzene rings is 1. The molecule has 0 atom stereocenters. The van der Waals surface area contributed by atoms with Gasteiger partial charge in [0.1, 0.15) is 5.75 Å². The Bertz CT molecular complexity index is 1030. The predicted molar refractivity (Wildman–Crippen MR) is 109 cm³/mol. The highest BCUT2D eigenvalue weighted by Crippen LogP contribution is 2.37. The monoisotopic (exact) mass is 388 g/mol. The van der Waals surface area contributed by atoms with Gasteiger partial charge < -0.3 is 10.5 Å². The van der Waals surface area contributed by atoms with Crippen LogP contribution in [0.15, 0.2) is 36.7 Å². The Morgan fingerprint density at radius 1 is 1.21 bits per heavy atom. The lowest BCUT2D eigenvalue weighted by molar-refractivity contribution is 0.431. The van der Waals surface area contributed by atoms with Crippen molar-refractivity contribution in [2.45, 2.75) is 38.0 Å². The highest BCUT2D eigenvalue weighted by atomic mass is 16.5. The van der Waals surface area contributed by atoms with Crippen molar-refractivity contribution in [3.05, 3.63) is 53.5 Å². The van der Waals surface area contributed by atoms with Crippen molar-refractivity contribution in [3.8, 4) is 29.1 Å². The molecule has 148 valence electrons. The number of aromatic nitrogens is 4. The summed E-state index contributed by atoms with van der Waals surface area (Å²) in [7, 11) is 1.87. The van der Waals surface area contributed by atoms with Crippen LogP contribution in [0.25, 0.3) is 11.4 Å². The predicted octanol–water partition coefficient (Wildman–Crippen LogP) is 3.70. The molecule has 0 saturated heterocycles. The van der Waals surface area contributed by atoms with Gasteiger partial charge in [-0.2, -0.15) is 10.4 Å². The number of rotatable bonds is 6. The fraction of sp³-hybridized carbons (Fsp3) is 0.364. The van der Waals surface area contributed by atoms with Crippen LogP contribution in [0.5, 0.6) is 11.6 Å². The molecule has 3 aromatic rings. The molecule has 0 unspecified atom stereocenters. The summed E-state index contributed by atoms with van der Waals surface area (Å²) in [6.07, 6.45) is 9.14. The molecule has 7 nitrogen and oxygen atoms in total. The number of nitriles is 1. The van der Waals surface area contributed by atoms with E-state index in [1.54, 1.807) is 29.2 Å². The highest BCUT2D eigenvalue weighted by Gasteiger charge is 2.22. The summed E-state index contributed by atoms with van der Waals surface area (Å²) < 4.78 is 7.96. The van der Waals surface area contributed by atoms with Crippen LogP contribution in [0.4, 0.5) is 0 Å². The first-order valence-corrected chi connectivity index (χ1v) is 9.95. The van der Waals surface area contributed by atoms with Crippen LogP contribution < -0.4 is 10.5 Å². The standard InChI is InChI=1S/C22H24N6O/c1-28-21(11-19(27-28)17-4-2-3-5-17)29-20-10-15(12-24)6-7-18(20)22-25-13-16(8-9-23)14-26-22/h6-7,10-11,13-14,17H,2-5,8-9,23H2,1H3. The molecule has 1 aliphatic carbocycles. The molecule has 2 aromatic heterocycles. The van der Waals surface area contributed by atoms with Gasteiger partial charge in [0.15, 0.2) is 5.82 Å². The molecule has 1 saturated carbocycles. The number of nitrogens with two attached hydrogens (primary N) is 1. The molecule has 1 fully saturated rings. The van der Waals surface area contributed by atoms with Crippen molar-refractivity contribution in [1.82, 2.24) is 19.7 Å². The maximum Gasteiger partial charge on any atom is 0.217 e. The largest absolute Gasteiger partial charge is 0.438 e. The van der Waals surface area contributed by atoms with Crippen molar-refractivity contribution < 1.29 is 4.74 Å². The Kier molecular flexibility index (Phi) is 5.54. The second-order valence-corrected chi connectivity index (χ2v) is 7.39. The van der Waals surface area contributed by atoms with E-state index in [2.05, 4.69) is 21.1 Å². The zero-order chi connectivity index (χ0) is 20.2. The van der Waals surface area contributed by atoms with E-state index in [9.17, 15) is 5.26 Å². The van der Waals surface area contributed by atoms with Gasteiger partial charge in [-0.25, -0.2) is 14.6 Å². The molecule has 0 bridgehead atoms. The Labute approximate surface area is 170 Å². The number of ether oxygens (including phenoxy) is 1. The summed E-state index contributed by atoms with van der Waals surface area (Å²) in [6.45, 7) is 0.553. The number of hydrogen-bond acceptors (Lipinski definition) is 6. The molecule has 1 aliphatic rings. The molecule has 29 heavy (non-hydrogen) atoms. The van der Waals surface area contributed by atoms with Gasteiger partial charge >= 0.3 is 0 Å². The quantitative estimate of drug-likeness (QED) is 0.691. The zero-order valence-electron chi connectivity index (χ0n) is 16.5.